The Morgan fingerprint density at radius 2 is 2.19 bits per heavy atom. The number of fused-ring (bicyclic) bond motifs is 1. The van der Waals surface area contributed by atoms with Gasteiger partial charge in [0.05, 0.1) is 6.04 Å². The van der Waals surface area contributed by atoms with Crippen LogP contribution in [0.2, 0.25) is 0 Å². The third-order valence-corrected chi connectivity index (χ3v) is 3.04. The van der Waals surface area contributed by atoms with Gasteiger partial charge in [-0.15, -0.1) is 0 Å². The summed E-state index contributed by atoms with van der Waals surface area (Å²) < 4.78 is 5.81. The van der Waals surface area contributed by atoms with Gasteiger partial charge in [-0.05, 0) is 25.0 Å². The second-order valence-corrected chi connectivity index (χ2v) is 4.42. The third-order valence-electron chi connectivity index (χ3n) is 3.04. The molecule has 1 aliphatic rings. The number of rotatable bonds is 4. The summed E-state index contributed by atoms with van der Waals surface area (Å²) in [6, 6.07) is 10.9. The Balaban J connectivity index is 1.90. The van der Waals surface area contributed by atoms with E-state index in [9.17, 15) is 0 Å². The average molecular weight is 216 g/mol. The first-order valence-corrected chi connectivity index (χ1v) is 5.81. The highest BCUT2D eigenvalue weighted by molar-refractivity contribution is 5.77. The lowest BCUT2D eigenvalue weighted by Crippen LogP contribution is -2.29. The van der Waals surface area contributed by atoms with Crippen molar-refractivity contribution in [2.45, 2.75) is 24.9 Å². The summed E-state index contributed by atoms with van der Waals surface area (Å²) in [5.41, 5.74) is 6.72. The number of hydrogen-bond donors (Lipinski definition) is 2. The molecule has 3 N–H and O–H groups in total. The Hall–Kier alpha value is -1.32. The van der Waals surface area contributed by atoms with Crippen LogP contribution >= 0.6 is 0 Å². The van der Waals surface area contributed by atoms with Gasteiger partial charge in [-0.1, -0.05) is 18.2 Å². The molecule has 0 saturated heterocycles. The van der Waals surface area contributed by atoms with E-state index in [0.29, 0.717) is 12.6 Å². The molecule has 1 unspecified atom stereocenters. The molecule has 1 atom stereocenters. The molecular formula is C13H16N2O. The van der Waals surface area contributed by atoms with Crippen molar-refractivity contribution < 1.29 is 4.42 Å². The lowest BCUT2D eigenvalue weighted by molar-refractivity contribution is 0.433. The van der Waals surface area contributed by atoms with Gasteiger partial charge in [-0.3, -0.25) is 0 Å². The molecule has 0 amide bonds. The minimum atomic E-state index is 0.153. The minimum Gasteiger partial charge on any atom is -0.459 e. The minimum absolute atomic E-state index is 0.153. The van der Waals surface area contributed by atoms with Gasteiger partial charge in [0.1, 0.15) is 11.3 Å². The largest absolute Gasteiger partial charge is 0.459 e. The van der Waals surface area contributed by atoms with Gasteiger partial charge in [0.2, 0.25) is 0 Å². The molecule has 2 aromatic rings. The summed E-state index contributed by atoms with van der Waals surface area (Å²) in [6.45, 7) is 0.580. The zero-order valence-electron chi connectivity index (χ0n) is 9.15. The summed E-state index contributed by atoms with van der Waals surface area (Å²) in [5, 5.41) is 4.65. The Kier molecular flexibility index (Phi) is 2.42. The number of nitrogens with one attached hydrogen (secondary N) is 1. The first-order valence-electron chi connectivity index (χ1n) is 5.81. The lowest BCUT2D eigenvalue weighted by Gasteiger charge is -2.13. The van der Waals surface area contributed by atoms with Crippen molar-refractivity contribution in [1.29, 1.82) is 0 Å². The number of benzene rings is 1. The van der Waals surface area contributed by atoms with Crippen LogP contribution < -0.4 is 11.1 Å². The van der Waals surface area contributed by atoms with E-state index in [4.69, 9.17) is 10.2 Å². The van der Waals surface area contributed by atoms with E-state index in [1.54, 1.807) is 0 Å². The highest BCUT2D eigenvalue weighted by Crippen LogP contribution is 2.27. The maximum absolute atomic E-state index is 5.81. The zero-order valence-corrected chi connectivity index (χ0v) is 9.15. The van der Waals surface area contributed by atoms with Crippen LogP contribution in [0.15, 0.2) is 34.7 Å². The summed E-state index contributed by atoms with van der Waals surface area (Å²) in [7, 11) is 0. The number of hydrogen-bond acceptors (Lipinski definition) is 3. The van der Waals surface area contributed by atoms with Crippen LogP contribution in [0.5, 0.6) is 0 Å². The normalized spacial score (nSPS) is 17.8. The fraction of sp³-hybridized carbons (Fsp3) is 0.385. The second-order valence-electron chi connectivity index (χ2n) is 4.42. The molecule has 3 rings (SSSR count). The Morgan fingerprint density at radius 1 is 1.38 bits per heavy atom. The van der Waals surface area contributed by atoms with E-state index < -0.39 is 0 Å². The summed E-state index contributed by atoms with van der Waals surface area (Å²) in [6.07, 6.45) is 2.52. The molecule has 1 aromatic carbocycles. The highest BCUT2D eigenvalue weighted by Gasteiger charge is 2.26. The van der Waals surface area contributed by atoms with E-state index in [-0.39, 0.29) is 6.04 Å². The SMILES string of the molecule is NCC(NC1CC1)c1cc2ccccc2o1. The van der Waals surface area contributed by atoms with Gasteiger partial charge in [-0.25, -0.2) is 0 Å². The number of furan rings is 1. The van der Waals surface area contributed by atoms with Crippen molar-refractivity contribution in [2.75, 3.05) is 6.54 Å². The number of para-hydroxylation sites is 1. The molecule has 16 heavy (non-hydrogen) atoms. The molecule has 3 nitrogen and oxygen atoms in total. The summed E-state index contributed by atoms with van der Waals surface area (Å²) >= 11 is 0. The van der Waals surface area contributed by atoms with E-state index in [1.165, 1.54) is 12.8 Å². The Morgan fingerprint density at radius 3 is 2.88 bits per heavy atom. The van der Waals surface area contributed by atoms with Crippen LogP contribution in [0, 0.1) is 0 Å². The molecule has 1 aromatic heterocycles. The van der Waals surface area contributed by atoms with Crippen LogP contribution in [-0.4, -0.2) is 12.6 Å². The van der Waals surface area contributed by atoms with E-state index in [0.717, 1.165) is 16.7 Å². The fourth-order valence-corrected chi connectivity index (χ4v) is 1.97. The van der Waals surface area contributed by atoms with Crippen LogP contribution in [0.1, 0.15) is 24.6 Å². The number of nitrogens with two attached hydrogens (primary N) is 1. The molecule has 0 aliphatic heterocycles. The maximum Gasteiger partial charge on any atom is 0.134 e. The van der Waals surface area contributed by atoms with Crippen molar-refractivity contribution >= 4 is 11.0 Å². The monoisotopic (exact) mass is 216 g/mol. The summed E-state index contributed by atoms with van der Waals surface area (Å²) in [5.74, 6) is 0.954. The molecule has 84 valence electrons. The van der Waals surface area contributed by atoms with Crippen LogP contribution in [0.3, 0.4) is 0 Å². The molecule has 1 saturated carbocycles. The Labute approximate surface area is 94.6 Å². The smallest absolute Gasteiger partial charge is 0.134 e. The van der Waals surface area contributed by atoms with Gasteiger partial charge in [0, 0.05) is 18.0 Å². The maximum atomic E-state index is 5.81. The van der Waals surface area contributed by atoms with Gasteiger partial charge < -0.3 is 15.5 Å². The highest BCUT2D eigenvalue weighted by atomic mass is 16.3. The molecule has 1 heterocycles. The van der Waals surface area contributed by atoms with Crippen LogP contribution in [0.4, 0.5) is 0 Å². The van der Waals surface area contributed by atoms with Crippen molar-refractivity contribution in [1.82, 2.24) is 5.32 Å². The summed E-state index contributed by atoms with van der Waals surface area (Å²) in [4.78, 5) is 0. The molecule has 1 fully saturated rings. The van der Waals surface area contributed by atoms with Crippen molar-refractivity contribution in [3.63, 3.8) is 0 Å². The van der Waals surface area contributed by atoms with E-state index in [2.05, 4.69) is 17.4 Å². The molecular weight excluding hydrogens is 200 g/mol. The Bertz CT molecular complexity index is 454. The first-order chi connectivity index (χ1) is 7.86. The van der Waals surface area contributed by atoms with Gasteiger partial charge in [-0.2, -0.15) is 0 Å². The van der Waals surface area contributed by atoms with E-state index in [1.807, 2.05) is 18.2 Å². The average Bonchev–Trinajstić information content (AvgIpc) is 3.02. The van der Waals surface area contributed by atoms with Crippen molar-refractivity contribution in [2.24, 2.45) is 5.73 Å². The predicted octanol–water partition coefficient (Wildman–Crippen LogP) is 2.18. The molecule has 0 radical (unpaired) electrons. The molecule has 3 heteroatoms. The van der Waals surface area contributed by atoms with Crippen LogP contribution in [-0.2, 0) is 0 Å². The molecule has 0 bridgehead atoms. The van der Waals surface area contributed by atoms with E-state index >= 15 is 0 Å². The standard InChI is InChI=1S/C13H16N2O/c14-8-11(15-10-5-6-10)13-7-9-3-1-2-4-12(9)16-13/h1-4,7,10-11,15H,5-6,8,14H2. The van der Waals surface area contributed by atoms with Crippen molar-refractivity contribution in [3.8, 4) is 0 Å². The van der Waals surface area contributed by atoms with Gasteiger partial charge in [0.25, 0.3) is 0 Å². The second kappa shape index (κ2) is 3.92. The third kappa shape index (κ3) is 1.84. The fourth-order valence-electron chi connectivity index (χ4n) is 1.97. The molecule has 0 spiro atoms. The zero-order chi connectivity index (χ0) is 11.0. The van der Waals surface area contributed by atoms with Gasteiger partial charge in [0.15, 0.2) is 0 Å². The van der Waals surface area contributed by atoms with Gasteiger partial charge >= 0.3 is 0 Å². The first kappa shape index (κ1) is 9.87. The topological polar surface area (TPSA) is 51.2 Å². The van der Waals surface area contributed by atoms with Crippen LogP contribution in [0.25, 0.3) is 11.0 Å². The molecule has 1 aliphatic carbocycles. The van der Waals surface area contributed by atoms with Crippen molar-refractivity contribution in [3.05, 3.63) is 36.1 Å². The predicted molar refractivity (Wildman–Crippen MR) is 64.2 cm³/mol. The lowest BCUT2D eigenvalue weighted by atomic mass is 10.2. The quantitative estimate of drug-likeness (QED) is 0.823.